The fraction of sp³-hybridized carbons (Fsp3) is 0.346. The van der Waals surface area contributed by atoms with Gasteiger partial charge in [-0.3, -0.25) is 4.79 Å². The molecule has 1 fully saturated rings. The predicted octanol–water partition coefficient (Wildman–Crippen LogP) is 6.42. The molecule has 2 aromatic carbocycles. The minimum atomic E-state index is -3.10. The molecular formula is C26H23BrF2N4O. The Bertz CT molecular complexity index is 1330. The van der Waals surface area contributed by atoms with Crippen molar-refractivity contribution < 1.29 is 13.6 Å². The Hall–Kier alpha value is -3.05. The number of benzene rings is 2. The number of fused-ring (bicyclic) bond motifs is 3. The third kappa shape index (κ3) is 3.72. The van der Waals surface area contributed by atoms with Gasteiger partial charge in [0.1, 0.15) is 5.82 Å². The van der Waals surface area contributed by atoms with Crippen molar-refractivity contribution in [2.75, 3.05) is 6.54 Å². The van der Waals surface area contributed by atoms with E-state index in [0.717, 1.165) is 0 Å². The number of halogens is 3. The summed E-state index contributed by atoms with van der Waals surface area (Å²) >= 11 is 3.29. The van der Waals surface area contributed by atoms with Gasteiger partial charge in [0.05, 0.1) is 29.9 Å². The summed E-state index contributed by atoms with van der Waals surface area (Å²) in [6.07, 6.45) is 2.51. The van der Waals surface area contributed by atoms with Gasteiger partial charge in [-0.1, -0.05) is 48.0 Å². The van der Waals surface area contributed by atoms with Crippen LogP contribution in [0.25, 0.3) is 22.4 Å². The first-order valence-electron chi connectivity index (χ1n) is 11.3. The van der Waals surface area contributed by atoms with Gasteiger partial charge in [-0.15, -0.1) is 0 Å². The van der Waals surface area contributed by atoms with Crippen LogP contribution in [0.3, 0.4) is 0 Å². The van der Waals surface area contributed by atoms with E-state index in [0.29, 0.717) is 52.1 Å². The molecule has 2 aliphatic rings. The first kappa shape index (κ1) is 22.7. The number of hydrogen-bond donors (Lipinski definition) is 1. The lowest BCUT2D eigenvalue weighted by atomic mass is 10.0. The van der Waals surface area contributed by atoms with Gasteiger partial charge in [0.2, 0.25) is 5.91 Å². The zero-order valence-corrected chi connectivity index (χ0v) is 20.4. The summed E-state index contributed by atoms with van der Waals surface area (Å²) in [7, 11) is 0. The molecule has 1 aromatic heterocycles. The quantitative estimate of drug-likeness (QED) is 0.428. The Morgan fingerprint density at radius 1 is 1.26 bits per heavy atom. The summed E-state index contributed by atoms with van der Waals surface area (Å²) in [5.41, 5.74) is 2.21. The number of hydrogen-bond acceptors (Lipinski definition) is 3. The third-order valence-corrected chi connectivity index (χ3v) is 7.07. The average Bonchev–Trinajstić information content (AvgIpc) is 3.49. The number of nitriles is 1. The Morgan fingerprint density at radius 2 is 1.97 bits per heavy atom. The number of likely N-dealkylation sites (tertiary alicyclic amines) is 1. The van der Waals surface area contributed by atoms with Gasteiger partial charge in [0.25, 0.3) is 5.92 Å². The molecule has 2 heterocycles. The average molecular weight is 525 g/mol. The van der Waals surface area contributed by atoms with E-state index in [1.54, 1.807) is 35.4 Å². The standard InChI is InChI=1S/C26H23BrF2N4O/c1-14(2)7-24(34)33-13-15(11-30)8-23(33)25-31-12-22(32-25)16-3-5-18-19-6-4-17(27)10-21(19)26(28,29)20(18)9-16/h3-6,9-10,12,14-15,23H,7-8,13H2,1-2H3,(H,31,32)/t15-,23+/m1/s1. The Labute approximate surface area is 204 Å². The number of alkyl halides is 2. The van der Waals surface area contributed by atoms with E-state index < -0.39 is 5.92 Å². The molecular weight excluding hydrogens is 502 g/mol. The number of aromatic amines is 1. The zero-order valence-electron chi connectivity index (χ0n) is 18.8. The minimum absolute atomic E-state index is 0.00296. The molecule has 0 unspecified atom stereocenters. The molecule has 5 nitrogen and oxygen atoms in total. The maximum atomic E-state index is 15.3. The number of aromatic nitrogens is 2. The van der Waals surface area contributed by atoms with Gasteiger partial charge < -0.3 is 9.88 Å². The van der Waals surface area contributed by atoms with Gasteiger partial charge in [-0.2, -0.15) is 14.0 Å². The summed E-state index contributed by atoms with van der Waals surface area (Å²) in [6.45, 7) is 4.34. The van der Waals surface area contributed by atoms with Crippen molar-refractivity contribution in [1.82, 2.24) is 14.9 Å². The van der Waals surface area contributed by atoms with Gasteiger partial charge >= 0.3 is 0 Å². The number of amides is 1. The van der Waals surface area contributed by atoms with Crippen LogP contribution in [0.4, 0.5) is 8.78 Å². The van der Waals surface area contributed by atoms with Crippen molar-refractivity contribution >= 4 is 21.8 Å². The number of carbonyl (C=O) groups excluding carboxylic acids is 1. The van der Waals surface area contributed by atoms with Gasteiger partial charge in [-0.25, -0.2) is 4.98 Å². The lowest BCUT2D eigenvalue weighted by Crippen LogP contribution is -2.32. The van der Waals surface area contributed by atoms with E-state index in [4.69, 9.17) is 0 Å². The number of nitrogens with zero attached hydrogens (tertiary/aromatic N) is 3. The number of nitrogens with one attached hydrogen (secondary N) is 1. The maximum absolute atomic E-state index is 15.3. The van der Waals surface area contributed by atoms with E-state index >= 15 is 8.78 Å². The molecule has 174 valence electrons. The molecule has 34 heavy (non-hydrogen) atoms. The molecule has 0 saturated carbocycles. The van der Waals surface area contributed by atoms with Crippen LogP contribution in [0.15, 0.2) is 47.1 Å². The van der Waals surface area contributed by atoms with E-state index in [2.05, 4.69) is 32.0 Å². The summed E-state index contributed by atoms with van der Waals surface area (Å²) in [4.78, 5) is 22.2. The topological polar surface area (TPSA) is 72.8 Å². The number of imidazole rings is 1. The molecule has 1 N–H and O–H groups in total. The Morgan fingerprint density at radius 3 is 2.68 bits per heavy atom. The summed E-state index contributed by atoms with van der Waals surface area (Å²) in [6, 6.07) is 11.9. The lowest BCUT2D eigenvalue weighted by molar-refractivity contribution is -0.133. The van der Waals surface area contributed by atoms with Crippen LogP contribution < -0.4 is 0 Å². The molecule has 0 radical (unpaired) electrons. The first-order chi connectivity index (χ1) is 16.2. The smallest absolute Gasteiger partial charge is 0.299 e. The van der Waals surface area contributed by atoms with Crippen molar-refractivity contribution in [3.8, 4) is 28.5 Å². The van der Waals surface area contributed by atoms with Crippen molar-refractivity contribution in [1.29, 1.82) is 5.26 Å². The molecule has 1 aliphatic carbocycles. The summed E-state index contributed by atoms with van der Waals surface area (Å²) < 4.78 is 31.1. The van der Waals surface area contributed by atoms with Gasteiger partial charge in [0, 0.05) is 34.1 Å². The van der Waals surface area contributed by atoms with Crippen LogP contribution in [-0.2, 0) is 10.7 Å². The number of carbonyl (C=O) groups is 1. The van der Waals surface area contributed by atoms with Gasteiger partial charge in [-0.05, 0) is 41.7 Å². The molecule has 1 amide bonds. The van der Waals surface area contributed by atoms with E-state index in [1.165, 1.54) is 12.1 Å². The molecule has 5 rings (SSSR count). The lowest BCUT2D eigenvalue weighted by Gasteiger charge is -2.24. The van der Waals surface area contributed by atoms with Crippen molar-refractivity contribution in [3.05, 3.63) is 64.0 Å². The van der Waals surface area contributed by atoms with Gasteiger partial charge in [0.15, 0.2) is 0 Å². The molecule has 8 heteroatoms. The van der Waals surface area contributed by atoms with Crippen LogP contribution >= 0.6 is 15.9 Å². The van der Waals surface area contributed by atoms with Crippen molar-refractivity contribution in [2.24, 2.45) is 11.8 Å². The first-order valence-corrected chi connectivity index (χ1v) is 12.1. The van der Waals surface area contributed by atoms with Crippen molar-refractivity contribution in [2.45, 2.75) is 38.7 Å². The number of H-pyrrole nitrogens is 1. The summed E-state index contributed by atoms with van der Waals surface area (Å²) in [5, 5.41) is 9.43. The normalized spacial score (nSPS) is 20.3. The fourth-order valence-corrected chi connectivity index (χ4v) is 5.31. The van der Waals surface area contributed by atoms with E-state index in [-0.39, 0.29) is 34.9 Å². The van der Waals surface area contributed by atoms with Crippen LogP contribution in [0.2, 0.25) is 0 Å². The van der Waals surface area contributed by atoms with Crippen LogP contribution in [-0.4, -0.2) is 27.3 Å². The molecule has 2 atom stereocenters. The third-order valence-electron chi connectivity index (χ3n) is 6.58. The highest BCUT2D eigenvalue weighted by atomic mass is 79.9. The zero-order chi connectivity index (χ0) is 24.2. The van der Waals surface area contributed by atoms with E-state index in [1.807, 2.05) is 13.8 Å². The largest absolute Gasteiger partial charge is 0.340 e. The highest BCUT2D eigenvalue weighted by molar-refractivity contribution is 9.10. The fourth-order valence-electron chi connectivity index (χ4n) is 4.95. The van der Waals surface area contributed by atoms with Crippen molar-refractivity contribution in [3.63, 3.8) is 0 Å². The molecule has 1 saturated heterocycles. The second-order valence-electron chi connectivity index (χ2n) is 9.43. The highest BCUT2D eigenvalue weighted by Crippen LogP contribution is 2.52. The monoisotopic (exact) mass is 524 g/mol. The Balaban J connectivity index is 1.47. The van der Waals surface area contributed by atoms with Crippen LogP contribution in [0.1, 0.15) is 49.7 Å². The van der Waals surface area contributed by atoms with E-state index in [9.17, 15) is 10.1 Å². The maximum Gasteiger partial charge on any atom is 0.299 e. The summed E-state index contributed by atoms with van der Waals surface area (Å²) in [5.74, 6) is -2.58. The number of rotatable bonds is 4. The predicted molar refractivity (Wildman–Crippen MR) is 128 cm³/mol. The second-order valence-corrected chi connectivity index (χ2v) is 10.3. The molecule has 3 aromatic rings. The minimum Gasteiger partial charge on any atom is -0.340 e. The van der Waals surface area contributed by atoms with Crippen LogP contribution in [0.5, 0.6) is 0 Å². The van der Waals surface area contributed by atoms with Crippen LogP contribution in [0, 0.1) is 23.2 Å². The SMILES string of the molecule is CC(C)CC(=O)N1C[C@@H](C#N)C[C@H]1c1ncc(-c2ccc3c(c2)C(F)(F)c2cc(Br)ccc2-3)[nH]1. The highest BCUT2D eigenvalue weighted by Gasteiger charge is 2.44. The molecule has 1 aliphatic heterocycles. The molecule has 0 spiro atoms. The molecule has 0 bridgehead atoms. The Kier molecular flexibility index (Phi) is 5.56. The second kappa shape index (κ2) is 8.31.